The zero-order valence-electron chi connectivity index (χ0n) is 12.7. The lowest BCUT2D eigenvalue weighted by molar-refractivity contribution is 0.0690. The van der Waals surface area contributed by atoms with Gasteiger partial charge in [0.05, 0.1) is 0 Å². The van der Waals surface area contributed by atoms with Crippen LogP contribution in [0.15, 0.2) is 18.2 Å². The Labute approximate surface area is 132 Å². The van der Waals surface area contributed by atoms with Gasteiger partial charge >= 0.3 is 0 Å². The molecule has 1 heterocycles. The molecular formula is C16H24ClFN2O. The first kappa shape index (κ1) is 17.9. The van der Waals surface area contributed by atoms with Crippen molar-refractivity contribution in [2.75, 3.05) is 26.2 Å². The summed E-state index contributed by atoms with van der Waals surface area (Å²) in [5.74, 6) is 0.289. The van der Waals surface area contributed by atoms with E-state index in [0.717, 1.165) is 39.0 Å². The summed E-state index contributed by atoms with van der Waals surface area (Å²) in [6, 6.07) is 4.73. The van der Waals surface area contributed by atoms with Crippen LogP contribution in [0.1, 0.15) is 35.7 Å². The molecule has 0 aromatic heterocycles. The molecule has 21 heavy (non-hydrogen) atoms. The van der Waals surface area contributed by atoms with Gasteiger partial charge in [-0.2, -0.15) is 0 Å². The molecule has 1 N–H and O–H groups in total. The predicted octanol–water partition coefficient (Wildman–Crippen LogP) is 3.02. The highest BCUT2D eigenvalue weighted by molar-refractivity contribution is 5.94. The average Bonchev–Trinajstić information content (AvgIpc) is 2.48. The van der Waals surface area contributed by atoms with Crippen molar-refractivity contribution in [2.24, 2.45) is 5.92 Å². The average molecular weight is 315 g/mol. The Morgan fingerprint density at radius 2 is 2.05 bits per heavy atom. The van der Waals surface area contributed by atoms with Crippen molar-refractivity contribution in [3.63, 3.8) is 0 Å². The first-order valence-corrected chi connectivity index (χ1v) is 7.38. The number of nitrogens with one attached hydrogen (secondary N) is 1. The molecule has 1 saturated heterocycles. The minimum absolute atomic E-state index is 0. The maximum atomic E-state index is 13.5. The maximum absolute atomic E-state index is 13.5. The largest absolute Gasteiger partial charge is 0.339 e. The predicted molar refractivity (Wildman–Crippen MR) is 85.6 cm³/mol. The summed E-state index contributed by atoms with van der Waals surface area (Å²) in [7, 11) is 0. The summed E-state index contributed by atoms with van der Waals surface area (Å²) in [5, 5.41) is 3.35. The molecule has 3 nitrogen and oxygen atoms in total. The number of likely N-dealkylation sites (tertiary alicyclic amines) is 1. The first-order chi connectivity index (χ1) is 9.61. The van der Waals surface area contributed by atoms with Crippen molar-refractivity contribution in [3.05, 3.63) is 35.1 Å². The zero-order chi connectivity index (χ0) is 14.5. The van der Waals surface area contributed by atoms with Gasteiger partial charge in [-0.15, -0.1) is 12.4 Å². The third-order valence-corrected chi connectivity index (χ3v) is 4.00. The van der Waals surface area contributed by atoms with E-state index in [0.29, 0.717) is 17.0 Å². The number of nitrogens with zero attached hydrogens (tertiary/aromatic N) is 1. The Morgan fingerprint density at radius 1 is 1.38 bits per heavy atom. The molecule has 1 aliphatic rings. The van der Waals surface area contributed by atoms with Gasteiger partial charge in [-0.05, 0) is 56.5 Å². The fraction of sp³-hybridized carbons (Fsp3) is 0.562. The molecule has 0 spiro atoms. The number of rotatable bonds is 4. The van der Waals surface area contributed by atoms with Crippen LogP contribution in [0, 0.1) is 18.7 Å². The number of hydrogen-bond acceptors (Lipinski definition) is 2. The zero-order valence-corrected chi connectivity index (χ0v) is 13.5. The number of halogens is 2. The van der Waals surface area contributed by atoms with Gasteiger partial charge < -0.3 is 10.2 Å². The van der Waals surface area contributed by atoms with E-state index in [4.69, 9.17) is 0 Å². The Balaban J connectivity index is 0.00000220. The van der Waals surface area contributed by atoms with E-state index in [2.05, 4.69) is 12.2 Å². The molecule has 1 amide bonds. The lowest BCUT2D eigenvalue weighted by atomic mass is 9.96. The molecule has 0 saturated carbocycles. The van der Waals surface area contributed by atoms with Gasteiger partial charge in [-0.1, -0.05) is 13.0 Å². The van der Waals surface area contributed by atoms with Gasteiger partial charge in [0.15, 0.2) is 0 Å². The van der Waals surface area contributed by atoms with E-state index in [9.17, 15) is 9.18 Å². The highest BCUT2D eigenvalue weighted by Gasteiger charge is 2.23. The minimum atomic E-state index is -0.308. The number of aryl methyl sites for hydroxylation is 1. The van der Waals surface area contributed by atoms with Crippen molar-refractivity contribution >= 4 is 18.3 Å². The Hall–Kier alpha value is -1.13. The van der Waals surface area contributed by atoms with Crippen molar-refractivity contribution in [3.8, 4) is 0 Å². The van der Waals surface area contributed by atoms with E-state index in [-0.39, 0.29) is 24.1 Å². The van der Waals surface area contributed by atoms with Crippen molar-refractivity contribution < 1.29 is 9.18 Å². The second kappa shape index (κ2) is 8.35. The minimum Gasteiger partial charge on any atom is -0.339 e. The van der Waals surface area contributed by atoms with E-state index in [1.54, 1.807) is 19.1 Å². The third kappa shape index (κ3) is 4.68. The van der Waals surface area contributed by atoms with E-state index >= 15 is 0 Å². The Morgan fingerprint density at radius 3 is 2.62 bits per heavy atom. The molecule has 2 rings (SSSR count). The van der Waals surface area contributed by atoms with E-state index in [1.807, 2.05) is 4.90 Å². The van der Waals surface area contributed by atoms with Crippen LogP contribution in [0.5, 0.6) is 0 Å². The normalized spacial score (nSPS) is 15.7. The molecule has 0 bridgehead atoms. The summed E-state index contributed by atoms with van der Waals surface area (Å²) in [5.41, 5.74) is 1.03. The van der Waals surface area contributed by atoms with Crippen LogP contribution < -0.4 is 5.32 Å². The summed E-state index contributed by atoms with van der Waals surface area (Å²) in [6.45, 7) is 7.36. The molecule has 0 atom stereocenters. The molecule has 0 radical (unpaired) electrons. The van der Waals surface area contributed by atoms with Crippen molar-refractivity contribution in [1.82, 2.24) is 10.2 Å². The number of carbonyl (C=O) groups excluding carboxylic acids is 1. The smallest absolute Gasteiger partial charge is 0.253 e. The highest BCUT2D eigenvalue weighted by atomic mass is 35.5. The van der Waals surface area contributed by atoms with Crippen LogP contribution in [-0.4, -0.2) is 37.0 Å². The van der Waals surface area contributed by atoms with Crippen LogP contribution in [-0.2, 0) is 0 Å². The van der Waals surface area contributed by atoms with Crippen LogP contribution >= 0.6 is 12.4 Å². The number of amides is 1. The third-order valence-electron chi connectivity index (χ3n) is 4.00. The molecule has 1 aromatic carbocycles. The van der Waals surface area contributed by atoms with Crippen LogP contribution in [0.4, 0.5) is 4.39 Å². The first-order valence-electron chi connectivity index (χ1n) is 7.38. The number of benzene rings is 1. The molecule has 0 unspecified atom stereocenters. The lowest BCUT2D eigenvalue weighted by Gasteiger charge is -2.32. The quantitative estimate of drug-likeness (QED) is 0.926. The summed E-state index contributed by atoms with van der Waals surface area (Å²) < 4.78 is 13.5. The standard InChI is InChI=1S/C16H23FN2O.ClH/c1-3-18-11-13-6-8-19(9-7-13)16(20)14-5-4-12(2)15(17)10-14;/h4-5,10,13,18H,3,6-9,11H2,1-2H3;1H. The van der Waals surface area contributed by atoms with Crippen LogP contribution in [0.25, 0.3) is 0 Å². The van der Waals surface area contributed by atoms with Gasteiger partial charge in [0.25, 0.3) is 5.91 Å². The van der Waals surface area contributed by atoms with Crippen molar-refractivity contribution in [1.29, 1.82) is 0 Å². The fourth-order valence-corrected chi connectivity index (χ4v) is 2.60. The SMILES string of the molecule is CCNCC1CCN(C(=O)c2ccc(C)c(F)c2)CC1.Cl. The van der Waals surface area contributed by atoms with Gasteiger partial charge in [-0.3, -0.25) is 4.79 Å². The molecule has 0 aliphatic carbocycles. The molecule has 1 fully saturated rings. The summed E-state index contributed by atoms with van der Waals surface area (Å²) in [6.07, 6.45) is 2.04. The van der Waals surface area contributed by atoms with Crippen LogP contribution in [0.2, 0.25) is 0 Å². The van der Waals surface area contributed by atoms with Gasteiger partial charge in [0.1, 0.15) is 5.82 Å². The lowest BCUT2D eigenvalue weighted by Crippen LogP contribution is -2.40. The molecule has 1 aliphatic heterocycles. The molecule has 118 valence electrons. The van der Waals surface area contributed by atoms with Gasteiger partial charge in [-0.25, -0.2) is 4.39 Å². The van der Waals surface area contributed by atoms with Gasteiger partial charge in [0.2, 0.25) is 0 Å². The fourth-order valence-electron chi connectivity index (χ4n) is 2.60. The molecule has 5 heteroatoms. The molecule has 1 aromatic rings. The monoisotopic (exact) mass is 314 g/mol. The Kier molecular flexibility index (Phi) is 7.12. The van der Waals surface area contributed by atoms with Crippen LogP contribution in [0.3, 0.4) is 0 Å². The molecular weight excluding hydrogens is 291 g/mol. The van der Waals surface area contributed by atoms with Gasteiger partial charge in [0, 0.05) is 18.7 Å². The maximum Gasteiger partial charge on any atom is 0.253 e. The Bertz CT molecular complexity index is 473. The summed E-state index contributed by atoms with van der Waals surface area (Å²) >= 11 is 0. The van der Waals surface area contributed by atoms with E-state index < -0.39 is 0 Å². The van der Waals surface area contributed by atoms with Crippen molar-refractivity contribution in [2.45, 2.75) is 26.7 Å². The number of piperidine rings is 1. The second-order valence-electron chi connectivity index (χ2n) is 5.51. The number of hydrogen-bond donors (Lipinski definition) is 1. The second-order valence-corrected chi connectivity index (χ2v) is 5.51. The highest BCUT2D eigenvalue weighted by Crippen LogP contribution is 2.19. The van der Waals surface area contributed by atoms with E-state index in [1.165, 1.54) is 6.07 Å². The topological polar surface area (TPSA) is 32.3 Å². The number of carbonyl (C=O) groups is 1. The summed E-state index contributed by atoms with van der Waals surface area (Å²) in [4.78, 5) is 14.2.